The van der Waals surface area contributed by atoms with Crippen LogP contribution in [0.3, 0.4) is 0 Å². The van der Waals surface area contributed by atoms with E-state index in [0.717, 1.165) is 30.4 Å². The summed E-state index contributed by atoms with van der Waals surface area (Å²) in [6.07, 6.45) is 4.25. The van der Waals surface area contributed by atoms with Crippen molar-refractivity contribution in [3.8, 4) is 0 Å². The molecular weight excluding hydrogens is 276 g/mol. The molecular formula is C19H26O3. The number of rotatable bonds is 2. The van der Waals surface area contributed by atoms with Gasteiger partial charge >= 0.3 is 5.97 Å². The Kier molecular flexibility index (Phi) is 3.58. The Bertz CT molecular complexity index is 596. The summed E-state index contributed by atoms with van der Waals surface area (Å²) < 4.78 is 5.88. The number of allylic oxidation sites excluding steroid dienone is 2. The maximum Gasteiger partial charge on any atom is 0.312 e. The highest BCUT2D eigenvalue weighted by Gasteiger charge is 2.58. The van der Waals surface area contributed by atoms with Gasteiger partial charge in [0.25, 0.3) is 0 Å². The number of carbonyl (C=O) groups is 2. The molecule has 4 atom stereocenters. The van der Waals surface area contributed by atoms with Gasteiger partial charge in [0, 0.05) is 17.4 Å². The molecule has 3 heteroatoms. The first-order chi connectivity index (χ1) is 10.3. The summed E-state index contributed by atoms with van der Waals surface area (Å²) in [5.74, 6) is 0.693. The molecule has 0 unspecified atom stereocenters. The monoisotopic (exact) mass is 302 g/mol. The van der Waals surface area contributed by atoms with Crippen molar-refractivity contribution in [3.63, 3.8) is 0 Å². The highest BCUT2D eigenvalue weighted by Crippen LogP contribution is 2.54. The number of ether oxygens (including phenoxy) is 1. The van der Waals surface area contributed by atoms with E-state index in [0.29, 0.717) is 5.92 Å². The molecule has 22 heavy (non-hydrogen) atoms. The van der Waals surface area contributed by atoms with Gasteiger partial charge in [-0.25, -0.2) is 0 Å². The largest absolute Gasteiger partial charge is 0.461 e. The molecule has 3 rings (SSSR count). The van der Waals surface area contributed by atoms with Gasteiger partial charge in [-0.15, -0.1) is 0 Å². The van der Waals surface area contributed by atoms with Gasteiger partial charge in [-0.05, 0) is 52.0 Å². The first kappa shape index (κ1) is 15.5. The van der Waals surface area contributed by atoms with Crippen LogP contribution in [0.4, 0.5) is 0 Å². The van der Waals surface area contributed by atoms with E-state index in [1.54, 1.807) is 6.08 Å². The van der Waals surface area contributed by atoms with Crippen molar-refractivity contribution >= 4 is 11.8 Å². The molecule has 1 heterocycles. The summed E-state index contributed by atoms with van der Waals surface area (Å²) >= 11 is 0. The lowest BCUT2D eigenvalue weighted by Gasteiger charge is -2.31. The quantitative estimate of drug-likeness (QED) is 0.728. The SMILES string of the molecule is CC1=CC(=O)C2=C(C)CC[C@@H]3[C@@H](OC(=O)[C@@]3(C)CC(C)C)[C@H]12. The van der Waals surface area contributed by atoms with Crippen molar-refractivity contribution in [2.24, 2.45) is 23.2 Å². The van der Waals surface area contributed by atoms with Crippen LogP contribution in [0, 0.1) is 23.2 Å². The normalized spacial score (nSPS) is 37.9. The van der Waals surface area contributed by atoms with Gasteiger partial charge < -0.3 is 4.74 Å². The van der Waals surface area contributed by atoms with Crippen molar-refractivity contribution < 1.29 is 14.3 Å². The molecule has 0 radical (unpaired) electrons. The van der Waals surface area contributed by atoms with E-state index < -0.39 is 5.41 Å². The van der Waals surface area contributed by atoms with Crippen LogP contribution in [0.25, 0.3) is 0 Å². The number of ketones is 1. The zero-order valence-corrected chi connectivity index (χ0v) is 14.2. The van der Waals surface area contributed by atoms with E-state index in [1.165, 1.54) is 5.57 Å². The Balaban J connectivity index is 2.03. The standard InChI is InChI=1S/C19H26O3/c1-10(2)9-19(5)13-7-6-11(3)15-14(20)8-12(4)16(15)17(13)22-18(19)21/h8,10,13,16-17H,6-7,9H2,1-5H3/t13-,16-,17-,19+/m1/s1. The minimum atomic E-state index is -0.416. The van der Waals surface area contributed by atoms with Crippen LogP contribution >= 0.6 is 0 Å². The molecule has 0 N–H and O–H groups in total. The van der Waals surface area contributed by atoms with Crippen molar-refractivity contribution in [2.75, 3.05) is 0 Å². The number of hydrogen-bond acceptors (Lipinski definition) is 3. The highest BCUT2D eigenvalue weighted by molar-refractivity contribution is 6.09. The van der Waals surface area contributed by atoms with Gasteiger partial charge in [0.1, 0.15) is 6.10 Å². The molecule has 0 bridgehead atoms. The van der Waals surface area contributed by atoms with Crippen molar-refractivity contribution in [1.82, 2.24) is 0 Å². The maximum absolute atomic E-state index is 12.6. The summed E-state index contributed by atoms with van der Waals surface area (Å²) in [6, 6.07) is 0. The molecule has 1 saturated heterocycles. The second kappa shape index (κ2) is 5.07. The molecule has 2 aliphatic carbocycles. The molecule has 3 nitrogen and oxygen atoms in total. The van der Waals surface area contributed by atoms with Crippen LogP contribution in [0.2, 0.25) is 0 Å². The van der Waals surface area contributed by atoms with Crippen LogP contribution in [0.1, 0.15) is 53.9 Å². The molecule has 1 aliphatic heterocycles. The van der Waals surface area contributed by atoms with Crippen LogP contribution in [0.15, 0.2) is 22.8 Å². The fourth-order valence-corrected chi connectivity index (χ4v) is 4.88. The van der Waals surface area contributed by atoms with Crippen LogP contribution in [-0.2, 0) is 14.3 Å². The molecule has 0 aromatic heterocycles. The van der Waals surface area contributed by atoms with Gasteiger partial charge in [0.05, 0.1) is 5.41 Å². The molecule has 0 spiro atoms. The lowest BCUT2D eigenvalue weighted by molar-refractivity contribution is -0.149. The predicted molar refractivity (Wildman–Crippen MR) is 85.1 cm³/mol. The molecule has 0 saturated carbocycles. The Morgan fingerprint density at radius 2 is 2.00 bits per heavy atom. The summed E-state index contributed by atoms with van der Waals surface area (Å²) in [5.41, 5.74) is 2.71. The summed E-state index contributed by atoms with van der Waals surface area (Å²) in [5, 5.41) is 0. The van der Waals surface area contributed by atoms with Crippen LogP contribution in [0.5, 0.6) is 0 Å². The second-order valence-electron chi connectivity index (χ2n) is 7.95. The van der Waals surface area contributed by atoms with Gasteiger partial charge in [0.15, 0.2) is 5.78 Å². The van der Waals surface area contributed by atoms with Crippen molar-refractivity contribution in [2.45, 2.75) is 60.0 Å². The smallest absolute Gasteiger partial charge is 0.312 e. The average molecular weight is 302 g/mol. The summed E-state index contributed by atoms with van der Waals surface area (Å²) in [4.78, 5) is 24.9. The van der Waals surface area contributed by atoms with Gasteiger partial charge in [-0.3, -0.25) is 9.59 Å². The third-order valence-electron chi connectivity index (χ3n) is 5.80. The predicted octanol–water partition coefficient (Wildman–Crippen LogP) is 3.84. The Morgan fingerprint density at radius 1 is 1.32 bits per heavy atom. The minimum Gasteiger partial charge on any atom is -0.461 e. The molecule has 0 aromatic rings. The first-order valence-electron chi connectivity index (χ1n) is 8.39. The molecule has 120 valence electrons. The van der Waals surface area contributed by atoms with E-state index in [9.17, 15) is 9.59 Å². The van der Waals surface area contributed by atoms with E-state index in [-0.39, 0.29) is 29.7 Å². The number of fused-ring (bicyclic) bond motifs is 3. The van der Waals surface area contributed by atoms with Crippen molar-refractivity contribution in [1.29, 1.82) is 0 Å². The topological polar surface area (TPSA) is 43.4 Å². The molecule has 1 fully saturated rings. The van der Waals surface area contributed by atoms with Gasteiger partial charge in [-0.1, -0.05) is 25.0 Å². The Labute approximate surface area is 132 Å². The van der Waals surface area contributed by atoms with E-state index in [1.807, 2.05) is 6.92 Å². The van der Waals surface area contributed by atoms with Crippen LogP contribution in [-0.4, -0.2) is 17.9 Å². The maximum atomic E-state index is 12.6. The third-order valence-corrected chi connectivity index (χ3v) is 5.80. The van der Waals surface area contributed by atoms with E-state index in [2.05, 4.69) is 27.7 Å². The van der Waals surface area contributed by atoms with Gasteiger partial charge in [0.2, 0.25) is 0 Å². The molecule has 0 aromatic carbocycles. The Hall–Kier alpha value is -1.38. The second-order valence-corrected chi connectivity index (χ2v) is 7.95. The van der Waals surface area contributed by atoms with E-state index in [4.69, 9.17) is 4.74 Å². The lowest BCUT2D eigenvalue weighted by Crippen LogP contribution is -2.35. The summed E-state index contributed by atoms with van der Waals surface area (Å²) in [7, 11) is 0. The lowest BCUT2D eigenvalue weighted by atomic mass is 9.68. The fraction of sp³-hybridized carbons (Fsp3) is 0.684. The summed E-state index contributed by atoms with van der Waals surface area (Å²) in [6.45, 7) is 10.4. The van der Waals surface area contributed by atoms with Crippen molar-refractivity contribution in [3.05, 3.63) is 22.8 Å². The van der Waals surface area contributed by atoms with Crippen LogP contribution < -0.4 is 0 Å². The zero-order chi connectivity index (χ0) is 16.2. The number of carbonyl (C=O) groups excluding carboxylic acids is 2. The molecule has 3 aliphatic rings. The van der Waals surface area contributed by atoms with Gasteiger partial charge in [-0.2, -0.15) is 0 Å². The Morgan fingerprint density at radius 3 is 2.64 bits per heavy atom. The molecule has 0 amide bonds. The minimum absolute atomic E-state index is 0.0158. The number of hydrogen-bond donors (Lipinski definition) is 0. The third kappa shape index (κ3) is 2.09. The first-order valence-corrected chi connectivity index (χ1v) is 8.39. The highest BCUT2D eigenvalue weighted by atomic mass is 16.6. The number of esters is 1. The zero-order valence-electron chi connectivity index (χ0n) is 14.2. The van der Waals surface area contributed by atoms with E-state index >= 15 is 0 Å². The fourth-order valence-electron chi connectivity index (χ4n) is 4.88. The average Bonchev–Trinajstić information content (AvgIpc) is 2.74.